The Hall–Kier alpha value is -1.55. The SMILES string of the molecule is NCCc1ccccc1N1CCCNC1=O. The average molecular weight is 219 g/mol. The molecule has 4 nitrogen and oxygen atoms in total. The molecule has 1 aromatic carbocycles. The van der Waals surface area contributed by atoms with Crippen LogP contribution in [0.25, 0.3) is 0 Å². The minimum atomic E-state index is -0.00396. The second kappa shape index (κ2) is 4.99. The molecule has 0 aliphatic carbocycles. The monoisotopic (exact) mass is 219 g/mol. The third-order valence-electron chi connectivity index (χ3n) is 2.78. The first-order valence-electron chi connectivity index (χ1n) is 5.66. The van der Waals surface area contributed by atoms with Gasteiger partial charge < -0.3 is 11.1 Å². The lowest BCUT2D eigenvalue weighted by Crippen LogP contribution is -2.46. The number of amides is 2. The lowest BCUT2D eigenvalue weighted by molar-refractivity contribution is 0.243. The highest BCUT2D eigenvalue weighted by Gasteiger charge is 2.20. The summed E-state index contributed by atoms with van der Waals surface area (Å²) < 4.78 is 0. The topological polar surface area (TPSA) is 58.4 Å². The summed E-state index contributed by atoms with van der Waals surface area (Å²) in [4.78, 5) is 13.5. The van der Waals surface area contributed by atoms with E-state index in [0.717, 1.165) is 37.2 Å². The summed E-state index contributed by atoms with van der Waals surface area (Å²) in [5.41, 5.74) is 7.71. The fraction of sp³-hybridized carbons (Fsp3) is 0.417. The standard InChI is InChI=1S/C12H17N3O/c13-7-6-10-4-1-2-5-11(10)15-9-3-8-14-12(15)16/h1-2,4-5H,3,6-9,13H2,(H,14,16). The molecule has 0 spiro atoms. The van der Waals surface area contributed by atoms with Crippen LogP contribution in [0.5, 0.6) is 0 Å². The van der Waals surface area contributed by atoms with Crippen molar-refractivity contribution in [1.82, 2.24) is 5.32 Å². The highest BCUT2D eigenvalue weighted by atomic mass is 16.2. The first-order chi connectivity index (χ1) is 7.83. The number of para-hydroxylation sites is 1. The zero-order chi connectivity index (χ0) is 11.4. The van der Waals surface area contributed by atoms with E-state index in [1.54, 1.807) is 4.90 Å². The number of nitrogens with two attached hydrogens (primary N) is 1. The van der Waals surface area contributed by atoms with Crippen LogP contribution in [0.1, 0.15) is 12.0 Å². The van der Waals surface area contributed by atoms with Gasteiger partial charge in [-0.1, -0.05) is 18.2 Å². The van der Waals surface area contributed by atoms with E-state index >= 15 is 0 Å². The van der Waals surface area contributed by atoms with Crippen LogP contribution in [0.3, 0.4) is 0 Å². The largest absolute Gasteiger partial charge is 0.338 e. The van der Waals surface area contributed by atoms with Gasteiger partial charge in [-0.2, -0.15) is 0 Å². The van der Waals surface area contributed by atoms with Gasteiger partial charge in [0.15, 0.2) is 0 Å². The summed E-state index contributed by atoms with van der Waals surface area (Å²) in [6.07, 6.45) is 1.79. The van der Waals surface area contributed by atoms with E-state index in [0.29, 0.717) is 6.54 Å². The summed E-state index contributed by atoms with van der Waals surface area (Å²) >= 11 is 0. The lowest BCUT2D eigenvalue weighted by atomic mass is 10.1. The second-order valence-electron chi connectivity index (χ2n) is 3.90. The Morgan fingerprint density at radius 2 is 2.19 bits per heavy atom. The van der Waals surface area contributed by atoms with Crippen molar-refractivity contribution in [1.29, 1.82) is 0 Å². The van der Waals surface area contributed by atoms with E-state index in [9.17, 15) is 4.79 Å². The van der Waals surface area contributed by atoms with E-state index in [4.69, 9.17) is 5.73 Å². The van der Waals surface area contributed by atoms with E-state index in [1.165, 1.54) is 0 Å². The van der Waals surface area contributed by atoms with Gasteiger partial charge in [-0.05, 0) is 31.0 Å². The van der Waals surface area contributed by atoms with E-state index < -0.39 is 0 Å². The molecular weight excluding hydrogens is 202 g/mol. The minimum absolute atomic E-state index is 0.00396. The first-order valence-corrected chi connectivity index (χ1v) is 5.66. The van der Waals surface area contributed by atoms with Crippen LogP contribution in [-0.2, 0) is 6.42 Å². The molecular formula is C12H17N3O. The maximum atomic E-state index is 11.7. The molecule has 1 aliphatic heterocycles. The zero-order valence-corrected chi connectivity index (χ0v) is 9.28. The molecule has 0 radical (unpaired) electrons. The lowest BCUT2D eigenvalue weighted by Gasteiger charge is -2.29. The molecule has 0 atom stereocenters. The van der Waals surface area contributed by atoms with Crippen LogP contribution in [0.15, 0.2) is 24.3 Å². The highest BCUT2D eigenvalue weighted by molar-refractivity contribution is 5.93. The molecule has 2 rings (SSSR count). The molecule has 1 aliphatic rings. The molecule has 1 heterocycles. The number of nitrogens with one attached hydrogen (secondary N) is 1. The van der Waals surface area contributed by atoms with Gasteiger partial charge in [-0.15, -0.1) is 0 Å². The van der Waals surface area contributed by atoms with Gasteiger partial charge in [0.1, 0.15) is 0 Å². The van der Waals surface area contributed by atoms with E-state index in [-0.39, 0.29) is 6.03 Å². The van der Waals surface area contributed by atoms with Crippen molar-refractivity contribution < 1.29 is 4.79 Å². The van der Waals surface area contributed by atoms with Crippen LogP contribution in [-0.4, -0.2) is 25.7 Å². The van der Waals surface area contributed by atoms with Crippen molar-refractivity contribution in [2.75, 3.05) is 24.5 Å². The molecule has 1 fully saturated rings. The van der Waals surface area contributed by atoms with Crippen molar-refractivity contribution in [3.05, 3.63) is 29.8 Å². The fourth-order valence-electron chi connectivity index (χ4n) is 2.00. The third kappa shape index (κ3) is 2.17. The quantitative estimate of drug-likeness (QED) is 0.800. The first kappa shape index (κ1) is 11.0. The Bertz CT molecular complexity index is 378. The number of urea groups is 1. The number of hydrogen-bond donors (Lipinski definition) is 2. The maximum Gasteiger partial charge on any atom is 0.321 e. The number of anilines is 1. The molecule has 1 saturated heterocycles. The molecule has 0 bridgehead atoms. The van der Waals surface area contributed by atoms with Gasteiger partial charge in [-0.25, -0.2) is 4.79 Å². The number of carbonyl (C=O) groups excluding carboxylic acids is 1. The van der Waals surface area contributed by atoms with Gasteiger partial charge in [0.2, 0.25) is 0 Å². The molecule has 86 valence electrons. The molecule has 0 saturated carbocycles. The Morgan fingerprint density at radius 3 is 2.94 bits per heavy atom. The molecule has 0 unspecified atom stereocenters. The molecule has 0 aromatic heterocycles. The highest BCUT2D eigenvalue weighted by Crippen LogP contribution is 2.22. The zero-order valence-electron chi connectivity index (χ0n) is 9.28. The van der Waals surface area contributed by atoms with E-state index in [1.807, 2.05) is 24.3 Å². The maximum absolute atomic E-state index is 11.7. The Kier molecular flexibility index (Phi) is 3.41. The van der Waals surface area contributed by atoms with E-state index in [2.05, 4.69) is 5.32 Å². The van der Waals surface area contributed by atoms with Crippen LogP contribution < -0.4 is 16.0 Å². The normalized spacial score (nSPS) is 16.1. The summed E-state index contributed by atoms with van der Waals surface area (Å²) in [5, 5.41) is 2.86. The number of hydrogen-bond acceptors (Lipinski definition) is 2. The number of carbonyl (C=O) groups is 1. The summed E-state index contributed by atoms with van der Waals surface area (Å²) in [6.45, 7) is 2.16. The Morgan fingerprint density at radius 1 is 1.38 bits per heavy atom. The van der Waals surface area contributed by atoms with Crippen molar-refractivity contribution in [2.45, 2.75) is 12.8 Å². The predicted molar refractivity (Wildman–Crippen MR) is 64.6 cm³/mol. The van der Waals surface area contributed by atoms with Crippen molar-refractivity contribution in [3.63, 3.8) is 0 Å². The smallest absolute Gasteiger partial charge is 0.321 e. The number of rotatable bonds is 3. The van der Waals surface area contributed by atoms with Gasteiger partial charge in [0.05, 0.1) is 0 Å². The predicted octanol–water partition coefficient (Wildman–Crippen LogP) is 1.11. The minimum Gasteiger partial charge on any atom is -0.338 e. The van der Waals surface area contributed by atoms with Gasteiger partial charge in [0.25, 0.3) is 0 Å². The van der Waals surface area contributed by atoms with Crippen LogP contribution >= 0.6 is 0 Å². The van der Waals surface area contributed by atoms with Crippen molar-refractivity contribution in [2.24, 2.45) is 5.73 Å². The number of benzene rings is 1. The Balaban J connectivity index is 2.27. The van der Waals surface area contributed by atoms with Crippen LogP contribution in [0.4, 0.5) is 10.5 Å². The molecule has 3 N–H and O–H groups in total. The fourth-order valence-corrected chi connectivity index (χ4v) is 2.00. The average Bonchev–Trinajstić information content (AvgIpc) is 2.31. The van der Waals surface area contributed by atoms with Crippen molar-refractivity contribution in [3.8, 4) is 0 Å². The summed E-state index contributed by atoms with van der Waals surface area (Å²) in [7, 11) is 0. The van der Waals surface area contributed by atoms with Gasteiger partial charge in [0, 0.05) is 18.8 Å². The molecule has 2 amide bonds. The summed E-state index contributed by atoms with van der Waals surface area (Å²) in [5.74, 6) is 0. The van der Waals surface area contributed by atoms with Gasteiger partial charge in [-0.3, -0.25) is 4.90 Å². The molecule has 4 heteroatoms. The molecule has 16 heavy (non-hydrogen) atoms. The second-order valence-corrected chi connectivity index (χ2v) is 3.90. The molecule has 1 aromatic rings. The van der Waals surface area contributed by atoms with Crippen LogP contribution in [0.2, 0.25) is 0 Å². The van der Waals surface area contributed by atoms with Crippen molar-refractivity contribution >= 4 is 11.7 Å². The van der Waals surface area contributed by atoms with Gasteiger partial charge >= 0.3 is 6.03 Å². The van der Waals surface area contributed by atoms with Crippen LogP contribution in [0, 0.1) is 0 Å². The Labute approximate surface area is 95.4 Å². The third-order valence-corrected chi connectivity index (χ3v) is 2.78. The summed E-state index contributed by atoms with van der Waals surface area (Å²) in [6, 6.07) is 7.95. The number of nitrogens with zero attached hydrogens (tertiary/aromatic N) is 1.